The van der Waals surface area contributed by atoms with Gasteiger partial charge in [-0.25, -0.2) is 0 Å². The molecule has 1 aliphatic heterocycles. The number of esters is 2. The third kappa shape index (κ3) is 34.6. The first-order chi connectivity index (χ1) is 30.5. The Morgan fingerprint density at radius 1 is 0.556 bits per heavy atom. The van der Waals surface area contributed by atoms with E-state index in [2.05, 4.69) is 44.2 Å². The highest BCUT2D eigenvalue weighted by molar-refractivity contribution is 7.85. The van der Waals surface area contributed by atoms with Gasteiger partial charge in [-0.1, -0.05) is 197 Å². The van der Waals surface area contributed by atoms with Crippen molar-refractivity contribution in [3.8, 4) is 0 Å². The summed E-state index contributed by atoms with van der Waals surface area (Å²) in [5, 5.41) is 30.9. The first kappa shape index (κ1) is 58.6. The van der Waals surface area contributed by atoms with Gasteiger partial charge in [0.2, 0.25) is 0 Å². The van der Waals surface area contributed by atoms with E-state index in [9.17, 15) is 37.9 Å². The largest absolute Gasteiger partial charge is 0.462 e. The minimum absolute atomic E-state index is 0.0437. The smallest absolute Gasteiger partial charge is 0.306 e. The predicted molar refractivity (Wildman–Crippen MR) is 252 cm³/mol. The zero-order valence-corrected chi connectivity index (χ0v) is 40.0. The predicted octanol–water partition coefficient (Wildman–Crippen LogP) is 10.7. The van der Waals surface area contributed by atoms with Crippen molar-refractivity contribution in [1.82, 2.24) is 0 Å². The number of carbonyl (C=O) groups excluding carboxylic acids is 2. The lowest BCUT2D eigenvalue weighted by Gasteiger charge is -2.40. The molecule has 0 aliphatic carbocycles. The monoisotopic (exact) mass is 913 g/mol. The lowest BCUT2D eigenvalue weighted by molar-refractivity contribution is -0.297. The first-order valence-electron chi connectivity index (χ1n) is 24.7. The van der Waals surface area contributed by atoms with Crippen LogP contribution in [0.3, 0.4) is 0 Å². The molecule has 6 atom stereocenters. The number of ether oxygens (including phenoxy) is 4. The molecule has 4 N–H and O–H groups in total. The number of allylic oxidation sites excluding steroid dienone is 8. The van der Waals surface area contributed by atoms with Gasteiger partial charge in [-0.3, -0.25) is 14.1 Å². The average molecular weight is 913 g/mol. The molecule has 1 heterocycles. The average Bonchev–Trinajstić information content (AvgIpc) is 3.25. The van der Waals surface area contributed by atoms with Crippen molar-refractivity contribution in [3.05, 3.63) is 48.6 Å². The van der Waals surface area contributed by atoms with Gasteiger partial charge < -0.3 is 34.3 Å². The Bertz CT molecular complexity index is 1350. The van der Waals surface area contributed by atoms with Gasteiger partial charge in [-0.05, 0) is 38.5 Å². The molecule has 12 nitrogen and oxygen atoms in total. The molecule has 6 unspecified atom stereocenters. The molecule has 0 aromatic rings. The fraction of sp³-hybridized carbons (Fsp3) is 0.800. The summed E-state index contributed by atoms with van der Waals surface area (Å²) in [6, 6.07) is 0. The highest BCUT2D eigenvalue weighted by Gasteiger charge is 2.46. The zero-order valence-electron chi connectivity index (χ0n) is 39.2. The van der Waals surface area contributed by atoms with E-state index in [4.69, 9.17) is 18.9 Å². The van der Waals surface area contributed by atoms with E-state index >= 15 is 0 Å². The zero-order chi connectivity index (χ0) is 46.2. The van der Waals surface area contributed by atoms with Crippen LogP contribution in [0.4, 0.5) is 0 Å². The quantitative estimate of drug-likeness (QED) is 0.0197. The maximum Gasteiger partial charge on any atom is 0.306 e. The number of hydrogen-bond acceptors (Lipinski definition) is 11. The Balaban J connectivity index is 2.37. The molecule has 366 valence electrons. The SMILES string of the molecule is CC/C=C\C/C=C\C/C=C\C/C=C\CCC(=O)OC(COC(=O)CCCCCCCCCCCCCCCCCCCCCCCC)COC1OC(CS(=O)(=O)O)C(O)C(O)C1O. The molecule has 0 saturated carbocycles. The Labute approximate surface area is 382 Å². The first-order valence-corrected chi connectivity index (χ1v) is 26.3. The Hall–Kier alpha value is -2.39. The van der Waals surface area contributed by atoms with Crippen molar-refractivity contribution in [2.45, 2.75) is 237 Å². The second-order valence-corrected chi connectivity index (χ2v) is 18.6. The van der Waals surface area contributed by atoms with Crippen molar-refractivity contribution in [1.29, 1.82) is 0 Å². The standard InChI is InChI=1S/C50H88O12S/c1-3-5-7-9-11-13-15-17-18-19-20-21-22-23-24-25-27-28-30-32-34-36-38-45(51)59-40-43(41-60-50-49(55)48(54)47(53)44(62-50)42-63(56,57)58)61-46(52)39-37-35-33-31-29-26-16-14-12-10-8-6-4-2/h6,8,12,14,26,29,33,35,43-44,47-50,53-55H,3-5,7,9-11,13,15-25,27-28,30-32,34,36-42H2,1-2H3,(H,56,57,58)/b8-6-,14-12-,29-26-,35-33-. The summed E-state index contributed by atoms with van der Waals surface area (Å²) in [6.45, 7) is 3.60. The molecule has 1 saturated heterocycles. The Morgan fingerprint density at radius 2 is 1.00 bits per heavy atom. The minimum Gasteiger partial charge on any atom is -0.462 e. The number of aliphatic hydroxyl groups excluding tert-OH is 3. The third-order valence-electron chi connectivity index (χ3n) is 11.2. The maximum absolute atomic E-state index is 12.8. The van der Waals surface area contributed by atoms with E-state index in [1.807, 2.05) is 18.2 Å². The van der Waals surface area contributed by atoms with Gasteiger partial charge in [0.15, 0.2) is 12.4 Å². The van der Waals surface area contributed by atoms with E-state index in [-0.39, 0.29) is 19.4 Å². The van der Waals surface area contributed by atoms with Crippen LogP contribution in [0.15, 0.2) is 48.6 Å². The number of unbranched alkanes of at least 4 members (excludes halogenated alkanes) is 21. The third-order valence-corrected chi connectivity index (χ3v) is 11.9. The number of hydrogen-bond donors (Lipinski definition) is 4. The summed E-state index contributed by atoms with van der Waals surface area (Å²) >= 11 is 0. The number of carbonyl (C=O) groups is 2. The molecule has 0 aromatic carbocycles. The van der Waals surface area contributed by atoms with E-state index in [0.29, 0.717) is 19.3 Å². The highest BCUT2D eigenvalue weighted by atomic mass is 32.2. The second-order valence-electron chi connectivity index (χ2n) is 17.1. The van der Waals surface area contributed by atoms with Crippen LogP contribution in [0.2, 0.25) is 0 Å². The van der Waals surface area contributed by atoms with Crippen LogP contribution in [0.5, 0.6) is 0 Å². The summed E-state index contributed by atoms with van der Waals surface area (Å²) in [7, 11) is -4.61. The second kappa shape index (κ2) is 39.9. The van der Waals surface area contributed by atoms with Gasteiger partial charge >= 0.3 is 11.9 Å². The summed E-state index contributed by atoms with van der Waals surface area (Å²) in [6.07, 6.45) is 39.0. The molecule has 0 radical (unpaired) electrons. The fourth-order valence-electron chi connectivity index (χ4n) is 7.40. The van der Waals surface area contributed by atoms with Gasteiger partial charge in [0, 0.05) is 12.8 Å². The molecule has 13 heteroatoms. The van der Waals surface area contributed by atoms with E-state index in [1.165, 1.54) is 116 Å². The molecule has 0 bridgehead atoms. The van der Waals surface area contributed by atoms with Crippen molar-refractivity contribution in [3.63, 3.8) is 0 Å². The normalized spacial score (nSPS) is 20.1. The summed E-state index contributed by atoms with van der Waals surface area (Å²) in [5.41, 5.74) is 0. The minimum atomic E-state index is -4.61. The Kier molecular flexibility index (Phi) is 37.2. The van der Waals surface area contributed by atoms with Crippen LogP contribution < -0.4 is 0 Å². The topological polar surface area (TPSA) is 186 Å². The summed E-state index contributed by atoms with van der Waals surface area (Å²) in [4.78, 5) is 25.4. The van der Waals surface area contributed by atoms with Crippen LogP contribution >= 0.6 is 0 Å². The number of aliphatic hydroxyl groups is 3. The molecule has 1 aliphatic rings. The van der Waals surface area contributed by atoms with Crippen LogP contribution in [-0.2, 0) is 38.7 Å². The number of rotatable bonds is 41. The molecule has 0 spiro atoms. The Morgan fingerprint density at radius 3 is 1.46 bits per heavy atom. The highest BCUT2D eigenvalue weighted by Crippen LogP contribution is 2.24. The summed E-state index contributed by atoms with van der Waals surface area (Å²) < 4.78 is 54.0. The van der Waals surface area contributed by atoms with Gasteiger partial charge in [0.1, 0.15) is 36.8 Å². The molecule has 1 rings (SSSR count). The molecule has 0 aromatic heterocycles. The molecular weight excluding hydrogens is 825 g/mol. The van der Waals surface area contributed by atoms with Crippen molar-refractivity contribution in [2.24, 2.45) is 0 Å². The van der Waals surface area contributed by atoms with Crippen LogP contribution in [0, 0.1) is 0 Å². The maximum atomic E-state index is 12.8. The van der Waals surface area contributed by atoms with Crippen LogP contribution in [0.1, 0.15) is 200 Å². The lowest BCUT2D eigenvalue weighted by Crippen LogP contribution is -2.60. The lowest BCUT2D eigenvalue weighted by atomic mass is 10.00. The van der Waals surface area contributed by atoms with Gasteiger partial charge in [0.25, 0.3) is 10.1 Å². The van der Waals surface area contributed by atoms with E-state index < -0.39 is 71.2 Å². The summed E-state index contributed by atoms with van der Waals surface area (Å²) in [5.74, 6) is -2.08. The van der Waals surface area contributed by atoms with Crippen LogP contribution in [0.25, 0.3) is 0 Å². The van der Waals surface area contributed by atoms with Crippen molar-refractivity contribution in [2.75, 3.05) is 19.0 Å². The van der Waals surface area contributed by atoms with E-state index in [0.717, 1.165) is 38.5 Å². The molecule has 1 fully saturated rings. The van der Waals surface area contributed by atoms with Gasteiger partial charge in [-0.2, -0.15) is 8.42 Å². The van der Waals surface area contributed by atoms with E-state index in [1.54, 1.807) is 0 Å². The van der Waals surface area contributed by atoms with Crippen molar-refractivity contribution < 1.29 is 56.8 Å². The van der Waals surface area contributed by atoms with Crippen molar-refractivity contribution >= 4 is 22.1 Å². The van der Waals surface area contributed by atoms with Gasteiger partial charge in [-0.15, -0.1) is 0 Å². The fourth-order valence-corrected chi connectivity index (χ4v) is 8.09. The van der Waals surface area contributed by atoms with Crippen LogP contribution in [-0.4, -0.2) is 96.0 Å². The molecule has 0 amide bonds. The molecule has 63 heavy (non-hydrogen) atoms. The van der Waals surface area contributed by atoms with Gasteiger partial charge in [0.05, 0.1) is 6.61 Å². The molecular formula is C50H88O12S.